The molecule has 9 heteroatoms. The molecule has 2 rings (SSSR count). The molecule has 0 aliphatic carbocycles. The average Bonchev–Trinajstić information content (AvgIpc) is 2.63. The van der Waals surface area contributed by atoms with Crippen LogP contribution in [0, 0.1) is 10.1 Å². The number of nitrogens with zero attached hydrogens (tertiary/aromatic N) is 1. The van der Waals surface area contributed by atoms with Gasteiger partial charge in [0.15, 0.2) is 0 Å². The number of nitrogens with one attached hydrogen (secondary N) is 1. The molecule has 162 valence electrons. The van der Waals surface area contributed by atoms with Gasteiger partial charge in [0, 0.05) is 11.3 Å². The summed E-state index contributed by atoms with van der Waals surface area (Å²) in [5.41, 5.74) is -0.908. The number of carbonyl (C=O) groups excluding carboxylic acids is 1. The van der Waals surface area contributed by atoms with Gasteiger partial charge in [0.1, 0.15) is 11.6 Å². The van der Waals surface area contributed by atoms with Crippen molar-refractivity contribution >= 4 is 6.09 Å². The van der Waals surface area contributed by atoms with Gasteiger partial charge in [-0.15, -0.1) is 0 Å². The summed E-state index contributed by atoms with van der Waals surface area (Å²) < 4.78 is 43.9. The maximum atomic E-state index is 12.9. The molecule has 2 aromatic carbocycles. The summed E-state index contributed by atoms with van der Waals surface area (Å²) in [5.74, 6) is 0. The van der Waals surface area contributed by atoms with Gasteiger partial charge in [-0.25, -0.2) is 4.79 Å². The first-order chi connectivity index (χ1) is 13.9. The summed E-state index contributed by atoms with van der Waals surface area (Å²) >= 11 is 0. The topological polar surface area (TPSA) is 81.5 Å². The maximum Gasteiger partial charge on any atom is 0.416 e. The number of nitro groups is 1. The molecule has 2 atom stereocenters. The van der Waals surface area contributed by atoms with E-state index in [2.05, 4.69) is 5.32 Å². The fraction of sp³-hybridized carbons (Fsp3) is 0.381. The quantitative estimate of drug-likeness (QED) is 0.513. The molecule has 0 unspecified atom stereocenters. The lowest BCUT2D eigenvalue weighted by Gasteiger charge is -2.26. The van der Waals surface area contributed by atoms with Gasteiger partial charge in [-0.1, -0.05) is 42.5 Å². The third kappa shape index (κ3) is 6.75. The van der Waals surface area contributed by atoms with Crippen molar-refractivity contribution in [2.24, 2.45) is 0 Å². The molecule has 0 saturated carbocycles. The van der Waals surface area contributed by atoms with Crippen LogP contribution in [-0.2, 0) is 17.3 Å². The Balaban J connectivity index is 2.40. The predicted molar refractivity (Wildman–Crippen MR) is 104 cm³/mol. The van der Waals surface area contributed by atoms with Crippen LogP contribution in [0.2, 0.25) is 0 Å². The Kier molecular flexibility index (Phi) is 7.07. The molecule has 0 aliphatic heterocycles. The van der Waals surface area contributed by atoms with Crippen LogP contribution in [0.3, 0.4) is 0 Å². The van der Waals surface area contributed by atoms with Crippen LogP contribution in [-0.4, -0.2) is 22.7 Å². The number of halogens is 3. The van der Waals surface area contributed by atoms with E-state index in [1.807, 2.05) is 0 Å². The van der Waals surface area contributed by atoms with Crippen LogP contribution < -0.4 is 5.32 Å². The highest BCUT2D eigenvalue weighted by molar-refractivity contribution is 5.68. The number of alkyl halides is 3. The Morgan fingerprint density at radius 2 is 1.63 bits per heavy atom. The monoisotopic (exact) mass is 424 g/mol. The average molecular weight is 424 g/mol. The van der Waals surface area contributed by atoms with E-state index in [-0.39, 0.29) is 12.0 Å². The van der Waals surface area contributed by atoms with Crippen molar-refractivity contribution in [3.05, 3.63) is 81.4 Å². The molecule has 0 aliphatic rings. The molecular formula is C21H23F3N2O4. The van der Waals surface area contributed by atoms with E-state index in [9.17, 15) is 28.1 Å². The first kappa shape index (κ1) is 23.2. The number of hydrogen-bond donors (Lipinski definition) is 1. The molecule has 30 heavy (non-hydrogen) atoms. The number of carbonyl (C=O) groups is 1. The van der Waals surface area contributed by atoms with Crippen molar-refractivity contribution in [2.45, 2.75) is 51.1 Å². The normalized spacial score (nSPS) is 13.9. The third-order valence-corrected chi connectivity index (χ3v) is 4.21. The van der Waals surface area contributed by atoms with Crippen molar-refractivity contribution < 1.29 is 27.6 Å². The molecule has 0 aromatic heterocycles. The minimum atomic E-state index is -4.54. The van der Waals surface area contributed by atoms with Crippen molar-refractivity contribution in [1.82, 2.24) is 5.32 Å². The fourth-order valence-electron chi connectivity index (χ4n) is 2.89. The number of rotatable bonds is 6. The molecule has 0 spiro atoms. The third-order valence-electron chi connectivity index (χ3n) is 4.21. The lowest BCUT2D eigenvalue weighted by Crippen LogP contribution is -2.43. The van der Waals surface area contributed by atoms with Crippen molar-refractivity contribution in [3.63, 3.8) is 0 Å². The maximum absolute atomic E-state index is 12.9. The largest absolute Gasteiger partial charge is 0.444 e. The molecule has 0 heterocycles. The van der Waals surface area contributed by atoms with Gasteiger partial charge in [-0.2, -0.15) is 13.2 Å². The summed E-state index contributed by atoms with van der Waals surface area (Å²) in [6, 6.07) is 10.0. The van der Waals surface area contributed by atoms with Crippen LogP contribution in [0.25, 0.3) is 0 Å². The van der Waals surface area contributed by atoms with E-state index >= 15 is 0 Å². The highest BCUT2D eigenvalue weighted by Crippen LogP contribution is 2.31. The SMILES string of the molecule is CC(C)(C)OC(=O)N[C@@H](c1ccc(C(F)(F)F)cc1)[C@H](Cc1ccccc1)[N+](=O)[O-]. The molecule has 0 radical (unpaired) electrons. The minimum Gasteiger partial charge on any atom is -0.444 e. The van der Waals surface area contributed by atoms with Gasteiger partial charge in [0.05, 0.1) is 5.56 Å². The number of alkyl carbamates (subject to hydrolysis) is 1. The summed E-state index contributed by atoms with van der Waals surface area (Å²) in [6.07, 6.45) is -5.47. The van der Waals surface area contributed by atoms with E-state index in [4.69, 9.17) is 4.74 Å². The van der Waals surface area contributed by atoms with Gasteiger partial charge in [-0.05, 0) is 44.0 Å². The zero-order valence-corrected chi connectivity index (χ0v) is 16.8. The minimum absolute atomic E-state index is 0.0324. The first-order valence-corrected chi connectivity index (χ1v) is 9.21. The highest BCUT2D eigenvalue weighted by atomic mass is 19.4. The predicted octanol–water partition coefficient (Wildman–Crippen LogP) is 5.16. The standard InChI is InChI=1S/C21H23F3N2O4/c1-20(2,3)30-19(27)25-18(15-9-11-16(12-10-15)21(22,23)24)17(26(28)29)13-14-7-5-4-6-8-14/h4-12,17-18H,13H2,1-3H3,(H,25,27)/t17-,18-/m0/s1. The Morgan fingerprint density at radius 3 is 2.10 bits per heavy atom. The van der Waals surface area contributed by atoms with Crippen molar-refractivity contribution in [3.8, 4) is 0 Å². The molecule has 1 N–H and O–H groups in total. The number of ether oxygens (including phenoxy) is 1. The Bertz CT molecular complexity index is 863. The highest BCUT2D eigenvalue weighted by Gasteiger charge is 2.36. The molecule has 1 amide bonds. The molecule has 2 aromatic rings. The van der Waals surface area contributed by atoms with Crippen molar-refractivity contribution in [2.75, 3.05) is 0 Å². The summed E-state index contributed by atoms with van der Waals surface area (Å²) in [4.78, 5) is 23.6. The number of benzene rings is 2. The smallest absolute Gasteiger partial charge is 0.416 e. The summed E-state index contributed by atoms with van der Waals surface area (Å²) in [6.45, 7) is 4.90. The zero-order chi connectivity index (χ0) is 22.5. The second-order valence-electron chi connectivity index (χ2n) is 7.79. The van der Waals surface area contributed by atoms with E-state index in [1.54, 1.807) is 51.1 Å². The summed E-state index contributed by atoms with van der Waals surface area (Å²) in [5, 5.41) is 14.3. The second-order valence-corrected chi connectivity index (χ2v) is 7.79. The first-order valence-electron chi connectivity index (χ1n) is 9.21. The van der Waals surface area contributed by atoms with Crippen LogP contribution in [0.4, 0.5) is 18.0 Å². The lowest BCUT2D eigenvalue weighted by molar-refractivity contribution is -0.527. The molecule has 0 saturated heterocycles. The molecule has 6 nitrogen and oxygen atoms in total. The van der Waals surface area contributed by atoms with Gasteiger partial charge >= 0.3 is 12.3 Å². The lowest BCUT2D eigenvalue weighted by atomic mass is 9.93. The molecule has 0 fully saturated rings. The Labute approximate surface area is 172 Å². The molecular weight excluding hydrogens is 401 g/mol. The Hall–Kier alpha value is -3.10. The van der Waals surface area contributed by atoms with Crippen LogP contribution in [0.15, 0.2) is 54.6 Å². The Morgan fingerprint density at radius 1 is 1.07 bits per heavy atom. The fourth-order valence-corrected chi connectivity index (χ4v) is 2.89. The number of hydrogen-bond acceptors (Lipinski definition) is 4. The zero-order valence-electron chi connectivity index (χ0n) is 16.8. The van der Waals surface area contributed by atoms with Gasteiger partial charge in [-0.3, -0.25) is 10.1 Å². The van der Waals surface area contributed by atoms with Crippen LogP contribution in [0.1, 0.15) is 43.5 Å². The van der Waals surface area contributed by atoms with Crippen molar-refractivity contribution in [1.29, 1.82) is 0 Å². The van der Waals surface area contributed by atoms with Gasteiger partial charge in [0.25, 0.3) is 0 Å². The van der Waals surface area contributed by atoms with Gasteiger partial charge < -0.3 is 10.1 Å². The van der Waals surface area contributed by atoms with Crippen LogP contribution in [0.5, 0.6) is 0 Å². The number of amides is 1. The van der Waals surface area contributed by atoms with E-state index in [0.717, 1.165) is 24.3 Å². The van der Waals surface area contributed by atoms with E-state index in [1.165, 1.54) is 0 Å². The van der Waals surface area contributed by atoms with E-state index < -0.39 is 40.4 Å². The van der Waals surface area contributed by atoms with E-state index in [0.29, 0.717) is 5.56 Å². The summed E-state index contributed by atoms with van der Waals surface area (Å²) in [7, 11) is 0. The molecule has 0 bridgehead atoms. The van der Waals surface area contributed by atoms with Gasteiger partial charge in [0.2, 0.25) is 6.04 Å². The second kappa shape index (κ2) is 9.15. The van der Waals surface area contributed by atoms with Crippen LogP contribution >= 0.6 is 0 Å².